The second kappa shape index (κ2) is 4.25. The number of hydrogen-bond acceptors (Lipinski definition) is 1. The van der Waals surface area contributed by atoms with Crippen LogP contribution in [0.2, 0.25) is 0 Å². The Labute approximate surface area is 102 Å². The molecule has 0 bridgehead atoms. The molecule has 2 rings (SSSR count). The smallest absolute Gasteiger partial charge is 0.140 e. The predicted molar refractivity (Wildman–Crippen MR) is 66.5 cm³/mol. The molecule has 1 atom stereocenters. The first kappa shape index (κ1) is 12.3. The van der Waals surface area contributed by atoms with E-state index >= 15 is 0 Å². The fourth-order valence-corrected chi connectivity index (χ4v) is 3.22. The SMILES string of the molecule is CCC1(CC)C(=O)CC1c1ccc(F)cc1C. The maximum absolute atomic E-state index is 13.1. The number of carbonyl (C=O) groups is 1. The first-order valence-corrected chi connectivity index (χ1v) is 6.34. The molecular weight excluding hydrogens is 215 g/mol. The van der Waals surface area contributed by atoms with Crippen LogP contribution in [0.5, 0.6) is 0 Å². The number of carbonyl (C=O) groups excluding carboxylic acids is 1. The van der Waals surface area contributed by atoms with Gasteiger partial charge in [-0.3, -0.25) is 4.79 Å². The van der Waals surface area contributed by atoms with E-state index in [9.17, 15) is 9.18 Å². The van der Waals surface area contributed by atoms with E-state index in [1.165, 1.54) is 6.07 Å². The number of benzene rings is 1. The Hall–Kier alpha value is -1.18. The highest BCUT2D eigenvalue weighted by Crippen LogP contribution is 2.54. The number of Topliss-reactive ketones (excluding diaryl/α,β-unsaturated/α-hetero) is 1. The first-order valence-electron chi connectivity index (χ1n) is 6.34. The molecule has 1 aromatic rings. The molecule has 0 saturated heterocycles. The summed E-state index contributed by atoms with van der Waals surface area (Å²) in [6.07, 6.45) is 2.38. The largest absolute Gasteiger partial charge is 0.299 e. The minimum atomic E-state index is -0.199. The van der Waals surface area contributed by atoms with Crippen molar-refractivity contribution >= 4 is 5.78 Å². The van der Waals surface area contributed by atoms with E-state index in [4.69, 9.17) is 0 Å². The summed E-state index contributed by atoms with van der Waals surface area (Å²) < 4.78 is 13.1. The van der Waals surface area contributed by atoms with Gasteiger partial charge in [-0.2, -0.15) is 0 Å². The molecule has 0 spiro atoms. The molecule has 0 amide bonds. The van der Waals surface area contributed by atoms with E-state index in [1.54, 1.807) is 6.07 Å². The van der Waals surface area contributed by atoms with E-state index in [2.05, 4.69) is 13.8 Å². The van der Waals surface area contributed by atoms with Crippen molar-refractivity contribution < 1.29 is 9.18 Å². The van der Waals surface area contributed by atoms with Crippen LogP contribution < -0.4 is 0 Å². The number of ketones is 1. The van der Waals surface area contributed by atoms with Crippen molar-refractivity contribution in [2.24, 2.45) is 5.41 Å². The van der Waals surface area contributed by atoms with Crippen LogP contribution >= 0.6 is 0 Å². The summed E-state index contributed by atoms with van der Waals surface area (Å²) in [5.41, 5.74) is 1.92. The van der Waals surface area contributed by atoms with Gasteiger partial charge in [-0.25, -0.2) is 4.39 Å². The highest BCUT2D eigenvalue weighted by atomic mass is 19.1. The molecule has 0 aliphatic heterocycles. The van der Waals surface area contributed by atoms with Crippen molar-refractivity contribution in [3.63, 3.8) is 0 Å². The predicted octanol–water partition coefficient (Wildman–Crippen LogP) is 4.00. The zero-order valence-corrected chi connectivity index (χ0v) is 10.7. The Morgan fingerprint density at radius 3 is 2.47 bits per heavy atom. The third-order valence-electron chi connectivity index (χ3n) is 4.48. The lowest BCUT2D eigenvalue weighted by Crippen LogP contribution is -2.47. The van der Waals surface area contributed by atoms with Gasteiger partial charge in [0.05, 0.1) is 0 Å². The summed E-state index contributed by atoms with van der Waals surface area (Å²) in [5, 5.41) is 0. The molecule has 92 valence electrons. The summed E-state index contributed by atoms with van der Waals surface area (Å²) in [6, 6.07) is 4.91. The van der Waals surface area contributed by atoms with Crippen LogP contribution in [-0.2, 0) is 4.79 Å². The van der Waals surface area contributed by atoms with Crippen molar-refractivity contribution in [3.05, 3.63) is 35.1 Å². The van der Waals surface area contributed by atoms with Crippen LogP contribution in [-0.4, -0.2) is 5.78 Å². The van der Waals surface area contributed by atoms with Gasteiger partial charge in [0, 0.05) is 17.8 Å². The van der Waals surface area contributed by atoms with Gasteiger partial charge in [0.15, 0.2) is 0 Å². The lowest BCUT2D eigenvalue weighted by atomic mass is 9.54. The molecular formula is C15H19FO. The van der Waals surface area contributed by atoms with E-state index in [-0.39, 0.29) is 17.2 Å². The van der Waals surface area contributed by atoms with Gasteiger partial charge in [0.1, 0.15) is 11.6 Å². The average Bonchev–Trinajstić information content (AvgIpc) is 2.29. The minimum absolute atomic E-state index is 0.192. The van der Waals surface area contributed by atoms with Crippen LogP contribution in [0.3, 0.4) is 0 Å². The van der Waals surface area contributed by atoms with Gasteiger partial charge in [-0.1, -0.05) is 19.9 Å². The molecule has 0 heterocycles. The monoisotopic (exact) mass is 234 g/mol. The lowest BCUT2D eigenvalue weighted by Gasteiger charge is -2.48. The van der Waals surface area contributed by atoms with E-state index in [0.717, 1.165) is 24.0 Å². The van der Waals surface area contributed by atoms with Crippen molar-refractivity contribution in [2.75, 3.05) is 0 Å². The summed E-state index contributed by atoms with van der Waals surface area (Å²) in [6.45, 7) is 6.08. The van der Waals surface area contributed by atoms with Crippen molar-refractivity contribution in [1.29, 1.82) is 0 Å². The molecule has 0 N–H and O–H groups in total. The normalized spacial score (nSPS) is 22.4. The molecule has 0 aromatic heterocycles. The van der Waals surface area contributed by atoms with Gasteiger partial charge in [0.25, 0.3) is 0 Å². The average molecular weight is 234 g/mol. The Bertz CT molecular complexity index is 446. The molecule has 1 nitrogen and oxygen atoms in total. The van der Waals surface area contributed by atoms with Gasteiger partial charge in [0.2, 0.25) is 0 Å². The maximum Gasteiger partial charge on any atom is 0.140 e. The Kier molecular flexibility index (Phi) is 3.07. The van der Waals surface area contributed by atoms with Crippen molar-refractivity contribution in [1.82, 2.24) is 0 Å². The van der Waals surface area contributed by atoms with E-state index in [1.807, 2.05) is 13.0 Å². The summed E-state index contributed by atoms with van der Waals surface area (Å²) in [5.74, 6) is 0.456. The van der Waals surface area contributed by atoms with Gasteiger partial charge >= 0.3 is 0 Å². The molecule has 17 heavy (non-hydrogen) atoms. The summed E-state index contributed by atoms with van der Waals surface area (Å²) in [4.78, 5) is 11.9. The molecule has 2 heteroatoms. The molecule has 1 fully saturated rings. The first-order chi connectivity index (χ1) is 8.05. The van der Waals surface area contributed by atoms with Gasteiger partial charge in [-0.05, 0) is 43.0 Å². The maximum atomic E-state index is 13.1. The second-order valence-corrected chi connectivity index (χ2v) is 5.04. The number of rotatable bonds is 3. The number of hydrogen-bond donors (Lipinski definition) is 0. The molecule has 1 aromatic carbocycles. The fraction of sp³-hybridized carbons (Fsp3) is 0.533. The highest BCUT2D eigenvalue weighted by molar-refractivity contribution is 5.93. The van der Waals surface area contributed by atoms with Crippen LogP contribution in [0.25, 0.3) is 0 Å². The zero-order valence-electron chi connectivity index (χ0n) is 10.7. The van der Waals surface area contributed by atoms with Crippen LogP contribution in [0, 0.1) is 18.2 Å². The summed E-state index contributed by atoms with van der Waals surface area (Å²) >= 11 is 0. The van der Waals surface area contributed by atoms with Crippen LogP contribution in [0.1, 0.15) is 50.2 Å². The molecule has 1 aliphatic rings. The Morgan fingerprint density at radius 2 is 2.00 bits per heavy atom. The quantitative estimate of drug-likeness (QED) is 0.772. The third kappa shape index (κ3) is 1.70. The molecule has 0 radical (unpaired) electrons. The lowest BCUT2D eigenvalue weighted by molar-refractivity contribution is -0.141. The highest BCUT2D eigenvalue weighted by Gasteiger charge is 2.52. The topological polar surface area (TPSA) is 17.1 Å². The number of aryl methyl sites for hydroxylation is 1. The van der Waals surface area contributed by atoms with Gasteiger partial charge < -0.3 is 0 Å². The Morgan fingerprint density at radius 1 is 1.35 bits per heavy atom. The molecule has 1 saturated carbocycles. The van der Waals surface area contributed by atoms with Crippen LogP contribution in [0.15, 0.2) is 18.2 Å². The van der Waals surface area contributed by atoms with Crippen molar-refractivity contribution in [2.45, 2.75) is 46.0 Å². The number of halogens is 1. The standard InChI is InChI=1S/C15H19FO/c1-4-15(5-2)13(9-14(15)17)12-7-6-11(16)8-10(12)3/h6-8,13H,4-5,9H2,1-3H3. The molecule has 1 aliphatic carbocycles. The van der Waals surface area contributed by atoms with E-state index < -0.39 is 0 Å². The van der Waals surface area contributed by atoms with Gasteiger partial charge in [-0.15, -0.1) is 0 Å². The van der Waals surface area contributed by atoms with E-state index in [0.29, 0.717) is 12.2 Å². The fourth-order valence-electron chi connectivity index (χ4n) is 3.22. The minimum Gasteiger partial charge on any atom is -0.299 e. The van der Waals surface area contributed by atoms with Crippen molar-refractivity contribution in [3.8, 4) is 0 Å². The van der Waals surface area contributed by atoms with Crippen LogP contribution in [0.4, 0.5) is 4.39 Å². The molecule has 1 unspecified atom stereocenters. The third-order valence-corrected chi connectivity index (χ3v) is 4.48. The second-order valence-electron chi connectivity index (χ2n) is 5.04. The Balaban J connectivity index is 2.38. The summed E-state index contributed by atoms with van der Waals surface area (Å²) in [7, 11) is 0. The zero-order chi connectivity index (χ0) is 12.6.